The summed E-state index contributed by atoms with van der Waals surface area (Å²) < 4.78 is 1.83. The minimum atomic E-state index is 0.303. The quantitative estimate of drug-likeness (QED) is 0.723. The van der Waals surface area contributed by atoms with Gasteiger partial charge in [-0.15, -0.1) is 0 Å². The van der Waals surface area contributed by atoms with Crippen molar-refractivity contribution in [1.29, 1.82) is 0 Å². The molecule has 3 N–H and O–H groups in total. The average Bonchev–Trinajstić information content (AvgIpc) is 2.92. The molecule has 0 aliphatic heterocycles. The minimum Gasteiger partial charge on any atom is -0.383 e. The number of aromatic amines is 1. The van der Waals surface area contributed by atoms with Gasteiger partial charge < -0.3 is 5.73 Å². The molecule has 18 heavy (non-hydrogen) atoms. The number of aromatic nitrogens is 4. The Morgan fingerprint density at radius 2 is 1.94 bits per heavy atom. The number of nitrogens with zero attached hydrogens (tertiary/aromatic N) is 3. The third-order valence-corrected chi connectivity index (χ3v) is 2.99. The molecule has 0 atom stereocenters. The second kappa shape index (κ2) is 3.87. The van der Waals surface area contributed by atoms with Crippen LogP contribution < -0.4 is 5.73 Å². The number of H-pyrrole nitrogens is 1. The molecule has 0 spiro atoms. The number of fused-ring (bicyclic) bond motifs is 1. The van der Waals surface area contributed by atoms with Gasteiger partial charge in [-0.1, -0.05) is 32.0 Å². The summed E-state index contributed by atoms with van der Waals surface area (Å²) in [5.74, 6) is 0.883. The normalized spacial score (nSPS) is 11.5. The van der Waals surface area contributed by atoms with Crippen LogP contribution >= 0.6 is 0 Å². The van der Waals surface area contributed by atoms with E-state index in [9.17, 15) is 0 Å². The summed E-state index contributed by atoms with van der Waals surface area (Å²) in [6, 6.07) is 9.94. The first-order valence-corrected chi connectivity index (χ1v) is 5.96. The van der Waals surface area contributed by atoms with E-state index >= 15 is 0 Å². The van der Waals surface area contributed by atoms with E-state index in [4.69, 9.17) is 5.73 Å². The fourth-order valence-corrected chi connectivity index (χ4v) is 2.11. The lowest BCUT2D eigenvalue weighted by molar-refractivity contribution is 0.772. The molecule has 0 aliphatic carbocycles. The van der Waals surface area contributed by atoms with Crippen molar-refractivity contribution >= 4 is 16.9 Å². The molecule has 2 heterocycles. The van der Waals surface area contributed by atoms with Crippen molar-refractivity contribution in [3.8, 4) is 5.69 Å². The monoisotopic (exact) mass is 241 g/mol. The number of hydrogen-bond acceptors (Lipinski definition) is 3. The molecule has 5 nitrogen and oxygen atoms in total. The van der Waals surface area contributed by atoms with Crippen molar-refractivity contribution in [3.05, 3.63) is 36.0 Å². The number of nitrogens with one attached hydrogen (secondary N) is 1. The third-order valence-electron chi connectivity index (χ3n) is 2.99. The van der Waals surface area contributed by atoms with Crippen LogP contribution in [0.5, 0.6) is 0 Å². The van der Waals surface area contributed by atoms with E-state index in [1.54, 1.807) is 0 Å². The van der Waals surface area contributed by atoms with Crippen molar-refractivity contribution < 1.29 is 0 Å². The highest BCUT2D eigenvalue weighted by molar-refractivity contribution is 5.90. The van der Waals surface area contributed by atoms with E-state index in [0.29, 0.717) is 11.7 Å². The number of nitrogen functional groups attached to an aromatic ring is 1. The Kier molecular flexibility index (Phi) is 2.33. The summed E-state index contributed by atoms with van der Waals surface area (Å²) in [6.45, 7) is 4.20. The van der Waals surface area contributed by atoms with Gasteiger partial charge in [0, 0.05) is 0 Å². The predicted molar refractivity (Wildman–Crippen MR) is 71.7 cm³/mol. The van der Waals surface area contributed by atoms with Crippen LogP contribution in [0.1, 0.15) is 25.5 Å². The van der Waals surface area contributed by atoms with E-state index in [0.717, 1.165) is 22.4 Å². The zero-order valence-corrected chi connectivity index (χ0v) is 10.4. The van der Waals surface area contributed by atoms with E-state index < -0.39 is 0 Å². The van der Waals surface area contributed by atoms with Gasteiger partial charge in [-0.25, -0.2) is 4.68 Å². The molecule has 0 fully saturated rings. The Hall–Kier alpha value is -2.30. The summed E-state index contributed by atoms with van der Waals surface area (Å²) in [5.41, 5.74) is 8.67. The molecule has 0 radical (unpaired) electrons. The lowest BCUT2D eigenvalue weighted by Crippen LogP contribution is -1.99. The van der Waals surface area contributed by atoms with E-state index in [-0.39, 0.29) is 0 Å². The summed E-state index contributed by atoms with van der Waals surface area (Å²) >= 11 is 0. The maximum absolute atomic E-state index is 5.93. The van der Waals surface area contributed by atoms with Crippen molar-refractivity contribution in [1.82, 2.24) is 20.0 Å². The second-order valence-electron chi connectivity index (χ2n) is 4.62. The molecule has 5 heteroatoms. The molecule has 0 saturated carbocycles. The van der Waals surface area contributed by atoms with Crippen molar-refractivity contribution in [3.63, 3.8) is 0 Å². The second-order valence-corrected chi connectivity index (χ2v) is 4.62. The van der Waals surface area contributed by atoms with Gasteiger partial charge in [-0.3, -0.25) is 5.10 Å². The highest BCUT2D eigenvalue weighted by atomic mass is 15.4. The molecule has 0 saturated heterocycles. The van der Waals surface area contributed by atoms with Crippen molar-refractivity contribution in [2.45, 2.75) is 19.8 Å². The molecule has 3 rings (SSSR count). The van der Waals surface area contributed by atoms with Gasteiger partial charge >= 0.3 is 0 Å². The average molecular weight is 241 g/mol. The number of para-hydroxylation sites is 1. The molecule has 92 valence electrons. The molecule has 0 aliphatic rings. The Morgan fingerprint density at radius 3 is 2.61 bits per heavy atom. The molecule has 1 aromatic carbocycles. The third kappa shape index (κ3) is 1.48. The molecular formula is C13H15N5. The Labute approximate surface area is 105 Å². The fourth-order valence-electron chi connectivity index (χ4n) is 2.11. The topological polar surface area (TPSA) is 72.5 Å². The lowest BCUT2D eigenvalue weighted by Gasteiger charge is -2.02. The molecule has 2 aromatic heterocycles. The minimum absolute atomic E-state index is 0.303. The zero-order valence-electron chi connectivity index (χ0n) is 10.4. The highest BCUT2D eigenvalue weighted by Crippen LogP contribution is 2.29. The standard InChI is InChI=1S/C13H15N5/c1-8(2)11-10-12(14)15-16-13(10)18(17-11)9-6-4-3-5-7-9/h3-8H,1-2H3,(H3,14,15,16). The summed E-state index contributed by atoms with van der Waals surface area (Å²) in [4.78, 5) is 0. The van der Waals surface area contributed by atoms with E-state index in [1.807, 2.05) is 35.0 Å². The van der Waals surface area contributed by atoms with Crippen LogP contribution in [0.25, 0.3) is 16.7 Å². The predicted octanol–water partition coefficient (Wildman–Crippen LogP) is 2.45. The van der Waals surface area contributed by atoms with E-state index in [1.165, 1.54) is 0 Å². The first-order valence-electron chi connectivity index (χ1n) is 5.96. The number of nitrogens with two attached hydrogens (primary N) is 1. The van der Waals surface area contributed by atoms with Crippen LogP contribution in [0.2, 0.25) is 0 Å². The van der Waals surface area contributed by atoms with Crippen LogP contribution in [0.15, 0.2) is 30.3 Å². The van der Waals surface area contributed by atoms with Crippen LogP contribution in [-0.2, 0) is 0 Å². The highest BCUT2D eigenvalue weighted by Gasteiger charge is 2.19. The first-order chi connectivity index (χ1) is 8.68. The van der Waals surface area contributed by atoms with Gasteiger partial charge in [0.05, 0.1) is 16.8 Å². The molecule has 3 aromatic rings. The van der Waals surface area contributed by atoms with Gasteiger partial charge in [0.1, 0.15) is 5.82 Å². The van der Waals surface area contributed by atoms with Crippen molar-refractivity contribution in [2.75, 3.05) is 5.73 Å². The largest absolute Gasteiger partial charge is 0.383 e. The van der Waals surface area contributed by atoms with Crippen LogP contribution in [0, 0.1) is 0 Å². The van der Waals surface area contributed by atoms with E-state index in [2.05, 4.69) is 29.1 Å². The van der Waals surface area contributed by atoms with Crippen LogP contribution in [-0.4, -0.2) is 20.0 Å². The lowest BCUT2D eigenvalue weighted by atomic mass is 10.1. The van der Waals surface area contributed by atoms with Gasteiger partial charge in [-0.2, -0.15) is 10.2 Å². The fraction of sp³-hybridized carbons (Fsp3) is 0.231. The van der Waals surface area contributed by atoms with Crippen molar-refractivity contribution in [2.24, 2.45) is 0 Å². The maximum atomic E-state index is 5.93. The number of hydrogen-bond donors (Lipinski definition) is 2. The smallest absolute Gasteiger partial charge is 0.186 e. The molecule has 0 bridgehead atoms. The number of anilines is 1. The molecule has 0 amide bonds. The Morgan fingerprint density at radius 1 is 1.22 bits per heavy atom. The summed E-state index contributed by atoms with van der Waals surface area (Å²) in [7, 11) is 0. The van der Waals surface area contributed by atoms with Crippen LogP contribution in [0.3, 0.4) is 0 Å². The van der Waals surface area contributed by atoms with Gasteiger partial charge in [0.15, 0.2) is 5.65 Å². The zero-order chi connectivity index (χ0) is 12.7. The molecular weight excluding hydrogens is 226 g/mol. The maximum Gasteiger partial charge on any atom is 0.186 e. The van der Waals surface area contributed by atoms with Gasteiger partial charge in [-0.05, 0) is 18.1 Å². The SMILES string of the molecule is CC(C)c1nn(-c2ccccc2)c2n[nH]c(N)c12. The van der Waals surface area contributed by atoms with Gasteiger partial charge in [0.2, 0.25) is 0 Å². The molecule has 0 unspecified atom stereocenters. The number of benzene rings is 1. The Bertz CT molecular complexity index is 678. The van der Waals surface area contributed by atoms with Gasteiger partial charge in [0.25, 0.3) is 0 Å². The Balaban J connectivity index is 2.31. The number of rotatable bonds is 2. The van der Waals surface area contributed by atoms with Crippen LogP contribution in [0.4, 0.5) is 5.82 Å². The first kappa shape index (κ1) is 10.8. The summed E-state index contributed by atoms with van der Waals surface area (Å²) in [6.07, 6.45) is 0. The summed E-state index contributed by atoms with van der Waals surface area (Å²) in [5, 5.41) is 12.6.